The molecular formula is C11H10BFN2O2. The largest absolute Gasteiger partial charge is 0.491 e. The molecule has 0 unspecified atom stereocenters. The van der Waals surface area contributed by atoms with Gasteiger partial charge in [0.05, 0.1) is 12.8 Å². The van der Waals surface area contributed by atoms with E-state index in [9.17, 15) is 9.41 Å². The molecule has 0 saturated carbocycles. The van der Waals surface area contributed by atoms with Crippen molar-refractivity contribution in [2.75, 3.05) is 0 Å². The van der Waals surface area contributed by atoms with Crippen molar-refractivity contribution in [2.24, 2.45) is 7.05 Å². The van der Waals surface area contributed by atoms with Crippen LogP contribution in [0.1, 0.15) is 5.56 Å². The maximum atomic E-state index is 13.9. The van der Waals surface area contributed by atoms with Gasteiger partial charge in [-0.25, -0.2) is 4.39 Å². The van der Waals surface area contributed by atoms with E-state index in [2.05, 4.69) is 5.10 Å². The number of hydrogen-bond acceptors (Lipinski definition) is 3. The van der Waals surface area contributed by atoms with Crippen LogP contribution in [0, 0.1) is 5.82 Å². The Balaban J connectivity index is 2.15. The van der Waals surface area contributed by atoms with E-state index in [1.165, 1.54) is 6.07 Å². The van der Waals surface area contributed by atoms with Gasteiger partial charge in [-0.3, -0.25) is 4.68 Å². The summed E-state index contributed by atoms with van der Waals surface area (Å²) in [5.74, 6) is -0.325. The lowest BCUT2D eigenvalue weighted by atomic mass is 9.78. The molecule has 2 aromatic rings. The van der Waals surface area contributed by atoms with Crippen molar-refractivity contribution >= 4 is 12.6 Å². The summed E-state index contributed by atoms with van der Waals surface area (Å²) in [5.41, 5.74) is 2.45. The van der Waals surface area contributed by atoms with Crippen molar-refractivity contribution in [1.82, 2.24) is 9.78 Å². The molecule has 0 radical (unpaired) electrons. The van der Waals surface area contributed by atoms with E-state index < -0.39 is 7.12 Å². The van der Waals surface area contributed by atoms with Crippen LogP contribution in [0.3, 0.4) is 0 Å². The van der Waals surface area contributed by atoms with Gasteiger partial charge in [0.1, 0.15) is 5.82 Å². The number of fused-ring (bicyclic) bond motifs is 1. The lowest BCUT2D eigenvalue weighted by molar-refractivity contribution is 0.275. The number of aryl methyl sites for hydroxylation is 1. The lowest BCUT2D eigenvalue weighted by Crippen LogP contribution is -2.28. The highest BCUT2D eigenvalue weighted by molar-refractivity contribution is 6.61. The Morgan fingerprint density at radius 1 is 1.53 bits per heavy atom. The molecule has 1 N–H and O–H groups in total. The van der Waals surface area contributed by atoms with Crippen molar-refractivity contribution in [2.45, 2.75) is 6.61 Å². The molecule has 3 rings (SSSR count). The summed E-state index contributed by atoms with van der Waals surface area (Å²) in [6.45, 7) is 0.251. The minimum Gasteiger partial charge on any atom is -0.423 e. The maximum Gasteiger partial charge on any atom is 0.491 e. The zero-order valence-corrected chi connectivity index (χ0v) is 9.22. The second-order valence-electron chi connectivity index (χ2n) is 4.10. The third-order valence-electron chi connectivity index (χ3n) is 2.91. The average Bonchev–Trinajstić information content (AvgIpc) is 2.85. The minimum atomic E-state index is -0.957. The zero-order valence-electron chi connectivity index (χ0n) is 9.22. The smallest absolute Gasteiger partial charge is 0.423 e. The first kappa shape index (κ1) is 10.5. The summed E-state index contributed by atoms with van der Waals surface area (Å²) in [6, 6.07) is 3.03. The number of aromatic nitrogens is 2. The van der Waals surface area contributed by atoms with Crippen LogP contribution in [0.2, 0.25) is 0 Å². The fourth-order valence-corrected chi connectivity index (χ4v) is 2.03. The van der Waals surface area contributed by atoms with Gasteiger partial charge in [0.25, 0.3) is 0 Å². The van der Waals surface area contributed by atoms with Crippen LogP contribution < -0.4 is 5.46 Å². The van der Waals surface area contributed by atoms with E-state index in [-0.39, 0.29) is 12.4 Å². The molecule has 1 aromatic carbocycles. The Hall–Kier alpha value is -1.66. The van der Waals surface area contributed by atoms with Crippen LogP contribution in [0.5, 0.6) is 0 Å². The molecule has 17 heavy (non-hydrogen) atoms. The first-order chi connectivity index (χ1) is 8.15. The van der Waals surface area contributed by atoms with Gasteiger partial charge in [0.15, 0.2) is 0 Å². The number of rotatable bonds is 1. The summed E-state index contributed by atoms with van der Waals surface area (Å²) in [6.07, 6.45) is 3.32. The number of nitrogens with zero attached hydrogens (tertiary/aromatic N) is 2. The summed E-state index contributed by atoms with van der Waals surface area (Å²) in [4.78, 5) is 0. The van der Waals surface area contributed by atoms with Gasteiger partial charge in [0, 0.05) is 24.4 Å². The molecule has 2 heterocycles. The molecular weight excluding hydrogens is 222 g/mol. The second-order valence-corrected chi connectivity index (χ2v) is 4.10. The summed E-state index contributed by atoms with van der Waals surface area (Å²) in [5, 5.41) is 13.6. The zero-order chi connectivity index (χ0) is 12.0. The topological polar surface area (TPSA) is 47.3 Å². The molecule has 1 aromatic heterocycles. The summed E-state index contributed by atoms with van der Waals surface area (Å²) in [7, 11) is 0.813. The molecule has 1 aliphatic rings. The Kier molecular flexibility index (Phi) is 2.27. The SMILES string of the molecule is Cn1cc(-c2cc3c(cc2F)COB3O)cn1. The number of hydrogen-bond donors (Lipinski definition) is 1. The maximum absolute atomic E-state index is 13.9. The predicted octanol–water partition coefficient (Wildman–Crippen LogP) is 0.444. The lowest BCUT2D eigenvalue weighted by Gasteiger charge is -2.04. The molecule has 86 valence electrons. The molecule has 0 amide bonds. The van der Waals surface area contributed by atoms with Crippen LogP contribution in [0.4, 0.5) is 4.39 Å². The third-order valence-corrected chi connectivity index (χ3v) is 2.91. The monoisotopic (exact) mass is 232 g/mol. The van der Waals surface area contributed by atoms with E-state index in [0.717, 1.165) is 0 Å². The highest BCUT2D eigenvalue weighted by Gasteiger charge is 2.29. The minimum absolute atomic E-state index is 0.251. The van der Waals surface area contributed by atoms with Crippen molar-refractivity contribution in [1.29, 1.82) is 0 Å². The van der Waals surface area contributed by atoms with E-state index in [4.69, 9.17) is 4.65 Å². The molecule has 0 fully saturated rings. The normalized spacial score (nSPS) is 14.2. The first-order valence-electron chi connectivity index (χ1n) is 5.26. The van der Waals surface area contributed by atoms with Crippen LogP contribution in [0.25, 0.3) is 11.1 Å². The van der Waals surface area contributed by atoms with Crippen LogP contribution in [-0.4, -0.2) is 21.9 Å². The van der Waals surface area contributed by atoms with E-state index in [1.807, 2.05) is 0 Å². The Morgan fingerprint density at radius 2 is 2.35 bits per heavy atom. The van der Waals surface area contributed by atoms with Crippen LogP contribution >= 0.6 is 0 Å². The van der Waals surface area contributed by atoms with Gasteiger partial charge in [0.2, 0.25) is 0 Å². The van der Waals surface area contributed by atoms with Gasteiger partial charge < -0.3 is 9.68 Å². The summed E-state index contributed by atoms with van der Waals surface area (Å²) < 4.78 is 20.5. The fourth-order valence-electron chi connectivity index (χ4n) is 2.03. The van der Waals surface area contributed by atoms with Gasteiger partial charge in [-0.1, -0.05) is 6.07 Å². The van der Waals surface area contributed by atoms with Crippen LogP contribution in [-0.2, 0) is 18.3 Å². The van der Waals surface area contributed by atoms with Crippen molar-refractivity contribution in [3.8, 4) is 11.1 Å². The average molecular weight is 232 g/mol. The molecule has 0 aliphatic carbocycles. The number of benzene rings is 1. The van der Waals surface area contributed by atoms with Gasteiger partial charge in [-0.15, -0.1) is 0 Å². The summed E-state index contributed by atoms with van der Waals surface area (Å²) >= 11 is 0. The molecule has 0 atom stereocenters. The van der Waals surface area contributed by atoms with E-state index >= 15 is 0 Å². The van der Waals surface area contributed by atoms with Crippen LogP contribution in [0.15, 0.2) is 24.5 Å². The standard InChI is InChI=1S/C11H10BFN2O2/c1-15-5-8(4-14-15)9-3-10-7(2-11(9)13)6-17-12(10)16/h2-5,16H,6H2,1H3. The Labute approximate surface area is 97.8 Å². The quantitative estimate of drug-likeness (QED) is 0.726. The highest BCUT2D eigenvalue weighted by atomic mass is 19.1. The van der Waals surface area contributed by atoms with Crippen molar-refractivity contribution in [3.05, 3.63) is 35.9 Å². The first-order valence-corrected chi connectivity index (χ1v) is 5.26. The third kappa shape index (κ3) is 1.65. The van der Waals surface area contributed by atoms with Crippen molar-refractivity contribution < 1.29 is 14.1 Å². The Morgan fingerprint density at radius 3 is 3.06 bits per heavy atom. The molecule has 6 heteroatoms. The highest BCUT2D eigenvalue weighted by Crippen LogP contribution is 2.24. The molecule has 4 nitrogen and oxygen atoms in total. The Bertz CT molecular complexity index is 585. The fraction of sp³-hybridized carbons (Fsp3) is 0.182. The van der Waals surface area contributed by atoms with Gasteiger partial charge >= 0.3 is 7.12 Å². The second kappa shape index (κ2) is 3.68. The van der Waals surface area contributed by atoms with Gasteiger partial charge in [-0.2, -0.15) is 5.10 Å². The van der Waals surface area contributed by atoms with Gasteiger partial charge in [-0.05, 0) is 17.1 Å². The number of halogens is 1. The molecule has 1 aliphatic heterocycles. The molecule has 0 bridgehead atoms. The molecule has 0 saturated heterocycles. The van der Waals surface area contributed by atoms with E-state index in [1.54, 1.807) is 30.2 Å². The molecule has 0 spiro atoms. The van der Waals surface area contributed by atoms with E-state index in [0.29, 0.717) is 22.2 Å². The van der Waals surface area contributed by atoms with Crippen molar-refractivity contribution in [3.63, 3.8) is 0 Å². The predicted molar refractivity (Wildman–Crippen MR) is 61.0 cm³/mol.